The maximum atomic E-state index is 12.0. The van der Waals surface area contributed by atoms with Crippen LogP contribution in [-0.2, 0) is 23.0 Å². The largest absolute Gasteiger partial charge is 0.334 e. The summed E-state index contributed by atoms with van der Waals surface area (Å²) >= 11 is 0. The van der Waals surface area contributed by atoms with Gasteiger partial charge in [-0.1, -0.05) is 30.3 Å². The van der Waals surface area contributed by atoms with Gasteiger partial charge in [0.05, 0.1) is 11.9 Å². The summed E-state index contributed by atoms with van der Waals surface area (Å²) in [6, 6.07) is 14.7. The van der Waals surface area contributed by atoms with E-state index in [2.05, 4.69) is 10.6 Å². The van der Waals surface area contributed by atoms with E-state index in [0.717, 1.165) is 24.0 Å². The first-order valence-corrected chi connectivity index (χ1v) is 9.98. The van der Waals surface area contributed by atoms with E-state index in [-0.39, 0.29) is 6.03 Å². The lowest BCUT2D eigenvalue weighted by Crippen LogP contribution is -2.34. The average Bonchev–Trinajstić information content (AvgIpc) is 2.59. The summed E-state index contributed by atoms with van der Waals surface area (Å²) in [7, 11) is -3.28. The van der Waals surface area contributed by atoms with Gasteiger partial charge in [0.15, 0.2) is 0 Å². The molecule has 2 amide bonds. The Morgan fingerprint density at radius 3 is 2.64 bits per heavy atom. The van der Waals surface area contributed by atoms with Gasteiger partial charge >= 0.3 is 6.03 Å². The normalized spacial score (nSPS) is 13.9. The van der Waals surface area contributed by atoms with E-state index >= 15 is 0 Å². The molecule has 2 aromatic rings. The fourth-order valence-corrected chi connectivity index (χ4v) is 3.93. The summed E-state index contributed by atoms with van der Waals surface area (Å²) in [6.45, 7) is 0.940. The van der Waals surface area contributed by atoms with Crippen molar-refractivity contribution >= 4 is 27.4 Å². The molecule has 2 aromatic carbocycles. The number of hydrogen-bond donors (Lipinski definition) is 2. The second kappa shape index (κ2) is 7.14. The van der Waals surface area contributed by atoms with Gasteiger partial charge in [0.2, 0.25) is 10.0 Å². The number of anilines is 2. The van der Waals surface area contributed by atoms with Crippen LogP contribution in [0.5, 0.6) is 0 Å². The Labute approximate surface area is 147 Å². The van der Waals surface area contributed by atoms with E-state index in [1.165, 1.54) is 10.6 Å². The maximum Gasteiger partial charge on any atom is 0.319 e. The predicted octanol–water partition coefficient (Wildman–Crippen LogP) is 2.72. The van der Waals surface area contributed by atoms with Crippen LogP contribution in [0, 0.1) is 0 Å². The van der Waals surface area contributed by atoms with Gasteiger partial charge in [0.25, 0.3) is 0 Å². The maximum absolute atomic E-state index is 12.0. The molecule has 3 rings (SSSR count). The highest BCUT2D eigenvalue weighted by Crippen LogP contribution is 2.31. The van der Waals surface area contributed by atoms with Gasteiger partial charge in [-0.15, -0.1) is 0 Å². The molecule has 1 aliphatic rings. The SMILES string of the molecule is CS(=O)(=O)N1CCCc2cc(NC(=O)NCc3ccccc3)ccc21. The van der Waals surface area contributed by atoms with Crippen molar-refractivity contribution in [2.75, 3.05) is 22.4 Å². The minimum Gasteiger partial charge on any atom is -0.334 e. The highest BCUT2D eigenvalue weighted by molar-refractivity contribution is 7.92. The number of benzene rings is 2. The number of rotatable bonds is 4. The van der Waals surface area contributed by atoms with E-state index in [4.69, 9.17) is 0 Å². The number of amides is 2. The van der Waals surface area contributed by atoms with Gasteiger partial charge in [-0.25, -0.2) is 13.2 Å². The van der Waals surface area contributed by atoms with Gasteiger partial charge in [0.1, 0.15) is 0 Å². The lowest BCUT2D eigenvalue weighted by Gasteiger charge is -2.29. The predicted molar refractivity (Wildman–Crippen MR) is 99.3 cm³/mol. The summed E-state index contributed by atoms with van der Waals surface area (Å²) in [4.78, 5) is 12.0. The van der Waals surface area contributed by atoms with Crippen molar-refractivity contribution in [2.45, 2.75) is 19.4 Å². The zero-order valence-corrected chi connectivity index (χ0v) is 14.8. The average molecular weight is 359 g/mol. The number of aryl methyl sites for hydroxylation is 1. The van der Waals surface area contributed by atoms with E-state index < -0.39 is 10.0 Å². The molecule has 1 heterocycles. The van der Waals surface area contributed by atoms with Crippen LogP contribution in [-0.4, -0.2) is 27.2 Å². The molecule has 0 atom stereocenters. The molecule has 0 saturated heterocycles. The van der Waals surface area contributed by atoms with Crippen molar-refractivity contribution in [3.63, 3.8) is 0 Å². The Morgan fingerprint density at radius 2 is 1.92 bits per heavy atom. The van der Waals surface area contributed by atoms with E-state index in [0.29, 0.717) is 24.5 Å². The zero-order chi connectivity index (χ0) is 17.9. The van der Waals surface area contributed by atoms with E-state index in [1.54, 1.807) is 12.1 Å². The molecule has 0 radical (unpaired) electrons. The first-order chi connectivity index (χ1) is 11.9. The summed E-state index contributed by atoms with van der Waals surface area (Å²) in [5, 5.41) is 5.60. The standard InChI is InChI=1S/C18H21N3O3S/c1-25(23,24)21-11-5-8-15-12-16(9-10-17(15)21)20-18(22)19-13-14-6-3-2-4-7-14/h2-4,6-7,9-10,12H,5,8,11,13H2,1H3,(H2,19,20,22). The Hall–Kier alpha value is -2.54. The minimum absolute atomic E-state index is 0.292. The highest BCUT2D eigenvalue weighted by atomic mass is 32.2. The third-order valence-corrected chi connectivity index (χ3v) is 5.29. The molecule has 132 valence electrons. The smallest absolute Gasteiger partial charge is 0.319 e. The Morgan fingerprint density at radius 1 is 1.16 bits per heavy atom. The lowest BCUT2D eigenvalue weighted by molar-refractivity contribution is 0.251. The number of hydrogen-bond acceptors (Lipinski definition) is 3. The van der Waals surface area contributed by atoms with Crippen LogP contribution in [0.4, 0.5) is 16.2 Å². The fraction of sp³-hybridized carbons (Fsp3) is 0.278. The van der Waals surface area contributed by atoms with Crippen molar-refractivity contribution < 1.29 is 13.2 Å². The van der Waals surface area contributed by atoms with Crippen LogP contribution in [0.2, 0.25) is 0 Å². The van der Waals surface area contributed by atoms with Gasteiger partial charge < -0.3 is 10.6 Å². The first-order valence-electron chi connectivity index (χ1n) is 8.13. The fourth-order valence-electron chi connectivity index (χ4n) is 2.94. The molecular weight excluding hydrogens is 338 g/mol. The molecule has 0 spiro atoms. The number of urea groups is 1. The monoisotopic (exact) mass is 359 g/mol. The van der Waals surface area contributed by atoms with Crippen molar-refractivity contribution in [1.29, 1.82) is 0 Å². The molecule has 0 aromatic heterocycles. The van der Waals surface area contributed by atoms with Gasteiger partial charge in [0, 0.05) is 18.8 Å². The van der Waals surface area contributed by atoms with Gasteiger partial charge in [-0.3, -0.25) is 4.31 Å². The van der Waals surface area contributed by atoms with Gasteiger partial charge in [-0.05, 0) is 42.2 Å². The quantitative estimate of drug-likeness (QED) is 0.881. The van der Waals surface area contributed by atoms with Crippen LogP contribution in [0.3, 0.4) is 0 Å². The summed E-state index contributed by atoms with van der Waals surface area (Å²) in [5.74, 6) is 0. The van der Waals surface area contributed by atoms with Crippen LogP contribution >= 0.6 is 0 Å². The highest BCUT2D eigenvalue weighted by Gasteiger charge is 2.24. The summed E-state index contributed by atoms with van der Waals surface area (Å²) < 4.78 is 25.2. The zero-order valence-electron chi connectivity index (χ0n) is 14.0. The minimum atomic E-state index is -3.28. The van der Waals surface area contributed by atoms with Crippen molar-refractivity contribution in [3.8, 4) is 0 Å². The molecule has 7 heteroatoms. The molecule has 0 fully saturated rings. The molecular formula is C18H21N3O3S. The number of sulfonamides is 1. The van der Waals surface area contributed by atoms with Crippen LogP contribution < -0.4 is 14.9 Å². The number of fused-ring (bicyclic) bond motifs is 1. The summed E-state index contributed by atoms with van der Waals surface area (Å²) in [6.07, 6.45) is 2.78. The molecule has 0 saturated carbocycles. The Balaban J connectivity index is 1.67. The van der Waals surface area contributed by atoms with Crippen LogP contribution in [0.25, 0.3) is 0 Å². The second-order valence-electron chi connectivity index (χ2n) is 6.08. The molecule has 0 unspecified atom stereocenters. The molecule has 6 nitrogen and oxygen atoms in total. The third kappa shape index (κ3) is 4.30. The van der Waals surface area contributed by atoms with Crippen molar-refractivity contribution in [1.82, 2.24) is 5.32 Å². The van der Waals surface area contributed by atoms with E-state index in [9.17, 15) is 13.2 Å². The Bertz CT molecular complexity index is 866. The lowest BCUT2D eigenvalue weighted by atomic mass is 10.0. The number of carbonyl (C=O) groups is 1. The van der Waals surface area contributed by atoms with Crippen LogP contribution in [0.1, 0.15) is 17.5 Å². The number of nitrogens with one attached hydrogen (secondary N) is 2. The molecule has 25 heavy (non-hydrogen) atoms. The summed E-state index contributed by atoms with van der Waals surface area (Å²) in [5.41, 5.74) is 3.30. The second-order valence-corrected chi connectivity index (χ2v) is 7.98. The third-order valence-electron chi connectivity index (χ3n) is 4.11. The van der Waals surface area contributed by atoms with E-state index in [1.807, 2.05) is 36.4 Å². The number of carbonyl (C=O) groups excluding carboxylic acids is 1. The molecule has 0 bridgehead atoms. The molecule has 2 N–H and O–H groups in total. The molecule has 0 aliphatic carbocycles. The van der Waals surface area contributed by atoms with Gasteiger partial charge in [-0.2, -0.15) is 0 Å². The van der Waals surface area contributed by atoms with Crippen molar-refractivity contribution in [2.24, 2.45) is 0 Å². The number of nitrogens with zero attached hydrogens (tertiary/aromatic N) is 1. The first kappa shape index (κ1) is 17.3. The Kier molecular flexibility index (Phi) is 4.94. The van der Waals surface area contributed by atoms with Crippen LogP contribution in [0.15, 0.2) is 48.5 Å². The van der Waals surface area contributed by atoms with Crippen molar-refractivity contribution in [3.05, 3.63) is 59.7 Å². The molecule has 1 aliphatic heterocycles. The topological polar surface area (TPSA) is 78.5 Å².